The highest BCUT2D eigenvalue weighted by Crippen LogP contribution is 2.29. The second-order valence-corrected chi connectivity index (χ2v) is 5.93. The summed E-state index contributed by atoms with van der Waals surface area (Å²) >= 11 is 0. The molecular formula is C17H19N5O. The van der Waals surface area contributed by atoms with E-state index in [2.05, 4.69) is 33.2 Å². The van der Waals surface area contributed by atoms with Crippen LogP contribution in [-0.4, -0.2) is 25.2 Å². The van der Waals surface area contributed by atoms with Crippen LogP contribution in [0.1, 0.15) is 31.6 Å². The molecule has 6 nitrogen and oxygen atoms in total. The standard InChI is InChI=1S/C17H19N5O/c1-3-22-17(13-7-8-15(23)18-13)19-16(20-22)12-5-4-6-14-11(12)9-10-21(14)2/h4-6,9-10,13H,3,7-8H2,1-2H3,(H,18,23). The van der Waals surface area contributed by atoms with E-state index in [9.17, 15) is 4.79 Å². The predicted molar refractivity (Wildman–Crippen MR) is 87.7 cm³/mol. The minimum absolute atomic E-state index is 0.0290. The molecule has 2 aromatic heterocycles. The van der Waals surface area contributed by atoms with E-state index >= 15 is 0 Å². The van der Waals surface area contributed by atoms with Crippen LogP contribution in [0.4, 0.5) is 0 Å². The van der Waals surface area contributed by atoms with Crippen LogP contribution >= 0.6 is 0 Å². The number of benzene rings is 1. The molecule has 118 valence electrons. The Bertz CT molecular complexity index is 892. The molecule has 0 bridgehead atoms. The Morgan fingerprint density at radius 2 is 2.22 bits per heavy atom. The topological polar surface area (TPSA) is 64.7 Å². The molecule has 1 aromatic carbocycles. The molecule has 1 atom stereocenters. The maximum absolute atomic E-state index is 11.5. The molecule has 1 aliphatic heterocycles. The van der Waals surface area contributed by atoms with Crippen molar-refractivity contribution in [2.75, 3.05) is 0 Å². The molecule has 1 amide bonds. The number of rotatable bonds is 3. The normalized spacial score (nSPS) is 17.8. The lowest BCUT2D eigenvalue weighted by Gasteiger charge is -2.09. The van der Waals surface area contributed by atoms with Gasteiger partial charge in [-0.3, -0.25) is 4.79 Å². The fourth-order valence-electron chi connectivity index (χ4n) is 3.26. The molecule has 3 heterocycles. The van der Waals surface area contributed by atoms with Crippen molar-refractivity contribution in [2.24, 2.45) is 7.05 Å². The third kappa shape index (κ3) is 2.21. The Kier molecular flexibility index (Phi) is 3.18. The molecular weight excluding hydrogens is 290 g/mol. The van der Waals surface area contributed by atoms with Crippen LogP contribution in [0.3, 0.4) is 0 Å². The maximum atomic E-state index is 11.5. The number of nitrogens with zero attached hydrogens (tertiary/aromatic N) is 4. The maximum Gasteiger partial charge on any atom is 0.220 e. The molecule has 23 heavy (non-hydrogen) atoms. The highest BCUT2D eigenvalue weighted by molar-refractivity contribution is 5.93. The van der Waals surface area contributed by atoms with Gasteiger partial charge in [-0.05, 0) is 25.5 Å². The number of amides is 1. The van der Waals surface area contributed by atoms with Crippen LogP contribution in [-0.2, 0) is 18.4 Å². The third-order valence-electron chi connectivity index (χ3n) is 4.48. The molecule has 0 aliphatic carbocycles. The van der Waals surface area contributed by atoms with E-state index in [1.165, 1.54) is 0 Å². The van der Waals surface area contributed by atoms with Gasteiger partial charge in [0.05, 0.1) is 6.04 Å². The molecule has 0 spiro atoms. The number of hydrogen-bond donors (Lipinski definition) is 1. The number of hydrogen-bond acceptors (Lipinski definition) is 3. The zero-order valence-electron chi connectivity index (χ0n) is 13.3. The van der Waals surface area contributed by atoms with Crippen molar-refractivity contribution in [3.8, 4) is 11.4 Å². The van der Waals surface area contributed by atoms with Crippen molar-refractivity contribution in [1.29, 1.82) is 0 Å². The summed E-state index contributed by atoms with van der Waals surface area (Å²) in [5, 5.41) is 8.80. The van der Waals surface area contributed by atoms with E-state index in [1.54, 1.807) is 0 Å². The summed E-state index contributed by atoms with van der Waals surface area (Å²) in [6.45, 7) is 2.78. The smallest absolute Gasteiger partial charge is 0.220 e. The lowest BCUT2D eigenvalue weighted by Crippen LogP contribution is -2.21. The highest BCUT2D eigenvalue weighted by atomic mass is 16.1. The van der Waals surface area contributed by atoms with Gasteiger partial charge in [0.15, 0.2) is 5.82 Å². The summed E-state index contributed by atoms with van der Waals surface area (Å²) in [5.74, 6) is 1.66. The minimum Gasteiger partial charge on any atom is -0.351 e. The Labute approximate surface area is 134 Å². The Morgan fingerprint density at radius 3 is 2.96 bits per heavy atom. The lowest BCUT2D eigenvalue weighted by atomic mass is 10.1. The average molecular weight is 309 g/mol. The third-order valence-corrected chi connectivity index (χ3v) is 4.48. The van der Waals surface area contributed by atoms with E-state index in [4.69, 9.17) is 4.98 Å². The first-order valence-corrected chi connectivity index (χ1v) is 7.96. The first kappa shape index (κ1) is 14.0. The first-order valence-electron chi connectivity index (χ1n) is 7.96. The van der Waals surface area contributed by atoms with Gasteiger partial charge < -0.3 is 9.88 Å². The number of aryl methyl sites for hydroxylation is 2. The Hall–Kier alpha value is -2.63. The number of carbonyl (C=O) groups excluding carboxylic acids is 1. The summed E-state index contributed by atoms with van der Waals surface area (Å²) in [6, 6.07) is 8.23. The van der Waals surface area contributed by atoms with E-state index in [1.807, 2.05) is 30.9 Å². The van der Waals surface area contributed by atoms with Crippen molar-refractivity contribution in [2.45, 2.75) is 32.4 Å². The summed E-state index contributed by atoms with van der Waals surface area (Å²) in [4.78, 5) is 16.3. The monoisotopic (exact) mass is 309 g/mol. The summed E-state index contributed by atoms with van der Waals surface area (Å²) in [7, 11) is 2.03. The van der Waals surface area contributed by atoms with Crippen LogP contribution in [0.5, 0.6) is 0 Å². The second-order valence-electron chi connectivity index (χ2n) is 5.93. The molecule has 1 unspecified atom stereocenters. The molecule has 3 aromatic rings. The summed E-state index contributed by atoms with van der Waals surface area (Å²) in [6.07, 6.45) is 3.39. The van der Waals surface area contributed by atoms with Crippen LogP contribution in [0.15, 0.2) is 30.5 Å². The predicted octanol–water partition coefficient (Wildman–Crippen LogP) is 2.41. The van der Waals surface area contributed by atoms with Crippen molar-refractivity contribution < 1.29 is 4.79 Å². The number of aromatic nitrogens is 4. The Balaban J connectivity index is 1.82. The first-order chi connectivity index (χ1) is 11.2. The second kappa shape index (κ2) is 5.22. The van der Waals surface area contributed by atoms with Gasteiger partial charge in [0.2, 0.25) is 5.91 Å². The van der Waals surface area contributed by atoms with Gasteiger partial charge in [-0.1, -0.05) is 12.1 Å². The summed E-state index contributed by atoms with van der Waals surface area (Å²) in [5.41, 5.74) is 2.19. The molecule has 4 rings (SSSR count). The number of carbonyl (C=O) groups is 1. The minimum atomic E-state index is -0.0290. The zero-order chi connectivity index (χ0) is 16.0. The average Bonchev–Trinajstić information content (AvgIpc) is 3.25. The number of fused-ring (bicyclic) bond motifs is 1. The van der Waals surface area contributed by atoms with E-state index in [0.717, 1.165) is 41.1 Å². The Morgan fingerprint density at radius 1 is 1.35 bits per heavy atom. The SMILES string of the molecule is CCn1nc(-c2cccc3c2ccn3C)nc1C1CCC(=O)N1. The van der Waals surface area contributed by atoms with Gasteiger partial charge >= 0.3 is 0 Å². The van der Waals surface area contributed by atoms with Crippen molar-refractivity contribution in [1.82, 2.24) is 24.6 Å². The van der Waals surface area contributed by atoms with Gasteiger partial charge in [-0.25, -0.2) is 9.67 Å². The van der Waals surface area contributed by atoms with Gasteiger partial charge in [-0.15, -0.1) is 0 Å². The van der Waals surface area contributed by atoms with Gasteiger partial charge in [0.1, 0.15) is 5.82 Å². The van der Waals surface area contributed by atoms with Crippen molar-refractivity contribution in [3.63, 3.8) is 0 Å². The quantitative estimate of drug-likeness (QED) is 0.808. The lowest BCUT2D eigenvalue weighted by molar-refractivity contribution is -0.119. The summed E-state index contributed by atoms with van der Waals surface area (Å²) < 4.78 is 3.99. The number of nitrogens with one attached hydrogen (secondary N) is 1. The largest absolute Gasteiger partial charge is 0.351 e. The van der Waals surface area contributed by atoms with Crippen molar-refractivity contribution in [3.05, 3.63) is 36.3 Å². The van der Waals surface area contributed by atoms with Gasteiger partial charge in [-0.2, -0.15) is 5.10 Å². The molecule has 0 radical (unpaired) electrons. The fourth-order valence-corrected chi connectivity index (χ4v) is 3.26. The van der Waals surface area contributed by atoms with Crippen LogP contribution < -0.4 is 5.32 Å². The molecule has 0 saturated carbocycles. The molecule has 1 fully saturated rings. The van der Waals surface area contributed by atoms with Crippen LogP contribution in [0.2, 0.25) is 0 Å². The van der Waals surface area contributed by atoms with Crippen LogP contribution in [0, 0.1) is 0 Å². The van der Waals surface area contributed by atoms with Crippen LogP contribution in [0.25, 0.3) is 22.3 Å². The molecule has 6 heteroatoms. The molecule has 1 aliphatic rings. The zero-order valence-corrected chi connectivity index (χ0v) is 13.3. The molecule has 1 saturated heterocycles. The fraction of sp³-hybridized carbons (Fsp3) is 0.353. The van der Waals surface area contributed by atoms with E-state index in [-0.39, 0.29) is 11.9 Å². The van der Waals surface area contributed by atoms with E-state index < -0.39 is 0 Å². The highest BCUT2D eigenvalue weighted by Gasteiger charge is 2.27. The van der Waals surface area contributed by atoms with Gasteiger partial charge in [0.25, 0.3) is 0 Å². The van der Waals surface area contributed by atoms with Crippen molar-refractivity contribution >= 4 is 16.8 Å². The van der Waals surface area contributed by atoms with Gasteiger partial charge in [0, 0.05) is 42.7 Å². The van der Waals surface area contributed by atoms with E-state index in [0.29, 0.717) is 6.42 Å². The molecule has 1 N–H and O–H groups in total.